The van der Waals surface area contributed by atoms with Gasteiger partial charge in [0.15, 0.2) is 5.65 Å². The van der Waals surface area contributed by atoms with Crippen LogP contribution in [0.4, 0.5) is 14.6 Å². The van der Waals surface area contributed by atoms with Gasteiger partial charge in [0.05, 0.1) is 25.0 Å². The second-order valence-electron chi connectivity index (χ2n) is 6.13. The van der Waals surface area contributed by atoms with Crippen LogP contribution in [0.5, 0.6) is 0 Å². The van der Waals surface area contributed by atoms with Crippen LogP contribution in [0.25, 0.3) is 11.2 Å². The van der Waals surface area contributed by atoms with Gasteiger partial charge in [-0.3, -0.25) is 0 Å². The van der Waals surface area contributed by atoms with Crippen LogP contribution in [0.1, 0.15) is 18.9 Å². The summed E-state index contributed by atoms with van der Waals surface area (Å²) >= 11 is 0. The molecule has 0 radical (unpaired) electrons. The van der Waals surface area contributed by atoms with Crippen molar-refractivity contribution in [3.8, 4) is 0 Å². The van der Waals surface area contributed by atoms with E-state index in [1.165, 1.54) is 6.20 Å². The van der Waals surface area contributed by atoms with Gasteiger partial charge < -0.3 is 10.6 Å². The van der Waals surface area contributed by atoms with Crippen molar-refractivity contribution in [3.63, 3.8) is 0 Å². The zero-order valence-electron chi connectivity index (χ0n) is 12.5. The Labute approximate surface area is 138 Å². The Morgan fingerprint density at radius 2 is 2.00 bits per heavy atom. The Morgan fingerprint density at radius 3 is 2.70 bits per heavy atom. The van der Waals surface area contributed by atoms with E-state index in [1.807, 2.05) is 4.68 Å². The maximum absolute atomic E-state index is 12.3. The molecular weight excluding hydrogens is 326 g/mol. The summed E-state index contributed by atoms with van der Waals surface area (Å²) in [4.78, 5) is 8.68. The fourth-order valence-electron chi connectivity index (χ4n) is 3.69. The lowest BCUT2D eigenvalue weighted by atomic mass is 10.0. The number of halogens is 3. The van der Waals surface area contributed by atoms with Crippen molar-refractivity contribution in [3.05, 3.63) is 12.4 Å². The van der Waals surface area contributed by atoms with Gasteiger partial charge in [0, 0.05) is 0 Å². The molecule has 2 atom stereocenters. The number of hydrogen-bond acceptors (Lipinski definition) is 5. The zero-order valence-corrected chi connectivity index (χ0v) is 13.3. The molecule has 2 aromatic rings. The summed E-state index contributed by atoms with van der Waals surface area (Å²) in [6.07, 6.45) is 2.94. The van der Waals surface area contributed by atoms with Crippen molar-refractivity contribution in [2.45, 2.75) is 25.3 Å². The van der Waals surface area contributed by atoms with Crippen molar-refractivity contribution < 1.29 is 8.78 Å². The largest absolute Gasteiger partial charge is 0.363 e. The van der Waals surface area contributed by atoms with Gasteiger partial charge in [-0.05, 0) is 37.8 Å². The molecule has 0 aromatic carbocycles. The number of rotatable bonds is 4. The van der Waals surface area contributed by atoms with Gasteiger partial charge in [0.2, 0.25) is 0 Å². The molecule has 0 bridgehead atoms. The summed E-state index contributed by atoms with van der Waals surface area (Å²) in [5.74, 6) is 1.78. The van der Waals surface area contributed by atoms with Gasteiger partial charge in [-0.25, -0.2) is 23.4 Å². The van der Waals surface area contributed by atoms with Crippen LogP contribution in [0.2, 0.25) is 0 Å². The summed E-state index contributed by atoms with van der Waals surface area (Å²) in [6, 6.07) is 0.328. The van der Waals surface area contributed by atoms with Gasteiger partial charge in [-0.1, -0.05) is 0 Å². The number of anilines is 1. The molecule has 4 rings (SSSR count). The molecule has 1 saturated heterocycles. The highest BCUT2D eigenvalue weighted by atomic mass is 35.5. The Hall–Kier alpha value is -1.54. The number of alkyl halides is 2. The smallest absolute Gasteiger partial charge is 0.255 e. The van der Waals surface area contributed by atoms with E-state index in [0.717, 1.165) is 25.9 Å². The minimum atomic E-state index is -2.41. The van der Waals surface area contributed by atoms with Crippen LogP contribution in [-0.4, -0.2) is 45.8 Å². The third kappa shape index (κ3) is 3.10. The molecule has 2 fully saturated rings. The molecule has 0 spiro atoms. The molecule has 9 heteroatoms. The fourth-order valence-corrected chi connectivity index (χ4v) is 3.69. The predicted molar refractivity (Wildman–Crippen MR) is 85.2 cm³/mol. The first-order chi connectivity index (χ1) is 10.7. The SMILES string of the molecule is Cl.FC(F)CNc1cnc2cnn(C3CC4CNCC4C3)c2n1. The number of hydrogen-bond donors (Lipinski definition) is 2. The monoisotopic (exact) mass is 344 g/mol. The van der Waals surface area contributed by atoms with Crippen molar-refractivity contribution >= 4 is 29.4 Å². The number of nitrogens with zero attached hydrogens (tertiary/aromatic N) is 4. The Bertz CT molecular complexity index is 666. The third-order valence-electron chi connectivity index (χ3n) is 4.72. The van der Waals surface area contributed by atoms with Crippen LogP contribution < -0.4 is 10.6 Å². The average molecular weight is 345 g/mol. The number of nitrogens with one attached hydrogen (secondary N) is 2. The normalized spacial score (nSPS) is 26.5. The highest BCUT2D eigenvalue weighted by Gasteiger charge is 2.38. The lowest BCUT2D eigenvalue weighted by Crippen LogP contribution is -2.16. The highest BCUT2D eigenvalue weighted by molar-refractivity contribution is 5.85. The third-order valence-corrected chi connectivity index (χ3v) is 4.72. The first-order valence-corrected chi connectivity index (χ1v) is 7.63. The van der Waals surface area contributed by atoms with E-state index in [0.29, 0.717) is 34.9 Å². The average Bonchev–Trinajstić information content (AvgIpc) is 3.17. The van der Waals surface area contributed by atoms with Gasteiger partial charge in [-0.2, -0.15) is 5.10 Å². The van der Waals surface area contributed by atoms with Crippen LogP contribution >= 0.6 is 12.4 Å². The summed E-state index contributed by atoms with van der Waals surface area (Å²) < 4.78 is 26.5. The molecule has 23 heavy (non-hydrogen) atoms. The van der Waals surface area contributed by atoms with Gasteiger partial charge in [-0.15, -0.1) is 12.4 Å². The molecular formula is C14H19ClF2N6. The van der Waals surface area contributed by atoms with Gasteiger partial charge >= 0.3 is 0 Å². The van der Waals surface area contributed by atoms with E-state index in [-0.39, 0.29) is 12.4 Å². The Kier molecular flexibility index (Phi) is 4.63. The first kappa shape index (κ1) is 16.3. The molecule has 2 N–H and O–H groups in total. The van der Waals surface area contributed by atoms with Crippen LogP contribution in [0.3, 0.4) is 0 Å². The van der Waals surface area contributed by atoms with E-state index < -0.39 is 13.0 Å². The predicted octanol–water partition coefficient (Wildman–Crippen LogP) is 2.10. The van der Waals surface area contributed by atoms with E-state index in [2.05, 4.69) is 25.7 Å². The lowest BCUT2D eigenvalue weighted by molar-refractivity contribution is 0.163. The molecule has 6 nitrogen and oxygen atoms in total. The number of aromatic nitrogens is 4. The molecule has 2 aliphatic rings. The molecule has 2 aromatic heterocycles. The maximum atomic E-state index is 12.3. The molecule has 2 unspecified atom stereocenters. The summed E-state index contributed by atoms with van der Waals surface area (Å²) in [5, 5.41) is 10.5. The van der Waals surface area contributed by atoms with E-state index in [4.69, 9.17) is 0 Å². The summed E-state index contributed by atoms with van der Waals surface area (Å²) in [5.41, 5.74) is 1.38. The topological polar surface area (TPSA) is 67.7 Å². The van der Waals surface area contributed by atoms with E-state index in [9.17, 15) is 8.78 Å². The van der Waals surface area contributed by atoms with Crippen LogP contribution in [0.15, 0.2) is 12.4 Å². The minimum absolute atomic E-state index is 0. The van der Waals surface area contributed by atoms with Crippen molar-refractivity contribution in [1.29, 1.82) is 0 Å². The standard InChI is InChI=1S/C14H18F2N6.ClH/c15-12(16)6-19-13-7-18-11-5-20-22(14(11)21-13)10-1-8-3-17-4-9(8)2-10;/h5,7-10,12,17H,1-4,6H2,(H,19,21);1H. The number of fused-ring (bicyclic) bond motifs is 2. The second-order valence-corrected chi connectivity index (χ2v) is 6.13. The fraction of sp³-hybridized carbons (Fsp3) is 0.643. The quantitative estimate of drug-likeness (QED) is 0.889. The Morgan fingerprint density at radius 1 is 1.26 bits per heavy atom. The van der Waals surface area contributed by atoms with E-state index in [1.54, 1.807) is 6.20 Å². The maximum Gasteiger partial charge on any atom is 0.255 e. The molecule has 1 saturated carbocycles. The summed E-state index contributed by atoms with van der Waals surface area (Å²) in [7, 11) is 0. The van der Waals surface area contributed by atoms with E-state index >= 15 is 0 Å². The molecule has 1 aliphatic heterocycles. The van der Waals surface area contributed by atoms with Crippen LogP contribution in [0, 0.1) is 11.8 Å². The van der Waals surface area contributed by atoms with Crippen LogP contribution in [-0.2, 0) is 0 Å². The summed E-state index contributed by atoms with van der Waals surface area (Å²) in [6.45, 7) is 1.73. The van der Waals surface area contributed by atoms with Gasteiger partial charge in [0.1, 0.15) is 11.3 Å². The Balaban J connectivity index is 0.00000156. The molecule has 126 valence electrons. The zero-order chi connectivity index (χ0) is 15.1. The minimum Gasteiger partial charge on any atom is -0.363 e. The first-order valence-electron chi connectivity index (χ1n) is 7.63. The van der Waals surface area contributed by atoms with Crippen molar-refractivity contribution in [1.82, 2.24) is 25.1 Å². The highest BCUT2D eigenvalue weighted by Crippen LogP contribution is 2.41. The second kappa shape index (κ2) is 6.52. The molecule has 3 heterocycles. The molecule has 0 amide bonds. The van der Waals surface area contributed by atoms with Crippen molar-refractivity contribution in [2.24, 2.45) is 11.8 Å². The molecule has 1 aliphatic carbocycles. The van der Waals surface area contributed by atoms with Gasteiger partial charge in [0.25, 0.3) is 6.43 Å². The van der Waals surface area contributed by atoms with Crippen molar-refractivity contribution in [2.75, 3.05) is 25.0 Å². The lowest BCUT2D eigenvalue weighted by Gasteiger charge is -2.13.